The van der Waals surface area contributed by atoms with Crippen molar-refractivity contribution in [3.63, 3.8) is 0 Å². The Morgan fingerprint density at radius 3 is 2.33 bits per heavy atom. The molecule has 0 aliphatic rings. The molecule has 1 nitrogen and oxygen atoms in total. The molecule has 0 atom stereocenters. The minimum absolute atomic E-state index is 0.976. The third-order valence-electron chi connectivity index (χ3n) is 2.15. The van der Waals surface area contributed by atoms with Gasteiger partial charge in [0, 0.05) is 26.2 Å². The zero-order chi connectivity index (χ0) is 13.4. The summed E-state index contributed by atoms with van der Waals surface area (Å²) in [6.45, 7) is 3.50. The van der Waals surface area contributed by atoms with Crippen molar-refractivity contribution < 1.29 is 0 Å². The van der Waals surface area contributed by atoms with E-state index in [0.717, 1.165) is 10.2 Å². The standard InChI is InChI=1S/C13H10Br2S.CHN/c14-11-6-7-13(15)10(8-11)9-16-12-4-2-1-3-5-12;1-2/h1-8H,9H2;1H. The van der Waals surface area contributed by atoms with Crippen molar-refractivity contribution in [2.24, 2.45) is 0 Å². The van der Waals surface area contributed by atoms with E-state index < -0.39 is 0 Å². The molecule has 0 radical (unpaired) electrons. The molecule has 0 heterocycles. The van der Waals surface area contributed by atoms with Crippen LogP contribution in [0, 0.1) is 11.8 Å². The van der Waals surface area contributed by atoms with Crippen LogP contribution in [-0.2, 0) is 5.75 Å². The van der Waals surface area contributed by atoms with Crippen molar-refractivity contribution in [2.45, 2.75) is 10.6 Å². The average molecular weight is 385 g/mol. The van der Waals surface area contributed by atoms with E-state index in [1.54, 1.807) is 0 Å². The highest BCUT2D eigenvalue weighted by atomic mass is 79.9. The molecular formula is C14H11Br2NS. The van der Waals surface area contributed by atoms with Crippen LogP contribution in [0.5, 0.6) is 0 Å². The number of nitriles is 1. The van der Waals surface area contributed by atoms with E-state index in [-0.39, 0.29) is 0 Å². The largest absolute Gasteiger partial charge is 0.202 e. The van der Waals surface area contributed by atoms with E-state index in [2.05, 4.69) is 74.8 Å². The summed E-state index contributed by atoms with van der Waals surface area (Å²) in [6, 6.07) is 16.7. The molecule has 18 heavy (non-hydrogen) atoms. The number of nitrogens with zero attached hydrogens (tertiary/aromatic N) is 1. The second kappa shape index (κ2) is 8.36. The molecule has 0 bridgehead atoms. The van der Waals surface area contributed by atoms with Gasteiger partial charge in [0.1, 0.15) is 0 Å². The number of halogens is 2. The molecule has 0 spiro atoms. The minimum atomic E-state index is 0.976. The van der Waals surface area contributed by atoms with Gasteiger partial charge in [-0.2, -0.15) is 0 Å². The summed E-state index contributed by atoms with van der Waals surface area (Å²) >= 11 is 8.91. The first kappa shape index (κ1) is 15.3. The molecule has 0 saturated carbocycles. The van der Waals surface area contributed by atoms with Crippen molar-refractivity contribution in [1.29, 1.82) is 5.26 Å². The van der Waals surface area contributed by atoms with Crippen molar-refractivity contribution in [2.75, 3.05) is 0 Å². The predicted molar refractivity (Wildman–Crippen MR) is 84.5 cm³/mol. The summed E-state index contributed by atoms with van der Waals surface area (Å²) in [7, 11) is 0. The number of hydrogen-bond donors (Lipinski definition) is 0. The molecule has 2 aromatic carbocycles. The van der Waals surface area contributed by atoms with Crippen molar-refractivity contribution in [1.82, 2.24) is 0 Å². The summed E-state index contributed by atoms with van der Waals surface area (Å²) in [6.07, 6.45) is 0. The second-order valence-corrected chi connectivity index (χ2v) is 6.16. The Morgan fingerprint density at radius 1 is 1.00 bits per heavy atom. The molecular weight excluding hydrogens is 374 g/mol. The van der Waals surface area contributed by atoms with Gasteiger partial charge in [0.05, 0.1) is 0 Å². The lowest BCUT2D eigenvalue weighted by molar-refractivity contribution is 1.35. The van der Waals surface area contributed by atoms with Crippen LogP contribution in [0.25, 0.3) is 0 Å². The molecule has 0 N–H and O–H groups in total. The normalized spacial score (nSPS) is 9.33. The van der Waals surface area contributed by atoms with Gasteiger partial charge >= 0.3 is 0 Å². The zero-order valence-electron chi connectivity index (χ0n) is 9.51. The first-order valence-corrected chi connectivity index (χ1v) is 7.70. The van der Waals surface area contributed by atoms with E-state index in [1.165, 1.54) is 14.9 Å². The van der Waals surface area contributed by atoms with Crippen LogP contribution >= 0.6 is 43.6 Å². The molecule has 2 rings (SSSR count). The molecule has 0 amide bonds. The maximum Gasteiger partial charge on any atom is 0.0462 e. The molecule has 0 aliphatic carbocycles. The summed E-state index contributed by atoms with van der Waals surface area (Å²) in [5.41, 5.74) is 1.31. The summed E-state index contributed by atoms with van der Waals surface area (Å²) < 4.78 is 2.29. The molecule has 4 heteroatoms. The first-order chi connectivity index (χ1) is 8.75. The fourth-order valence-corrected chi connectivity index (χ4v) is 3.22. The Labute approximate surface area is 128 Å². The van der Waals surface area contributed by atoms with Crippen LogP contribution in [-0.4, -0.2) is 0 Å². The van der Waals surface area contributed by atoms with Crippen molar-refractivity contribution >= 4 is 43.6 Å². The van der Waals surface area contributed by atoms with Gasteiger partial charge in [-0.3, -0.25) is 0 Å². The highest BCUT2D eigenvalue weighted by Crippen LogP contribution is 2.28. The summed E-state index contributed by atoms with van der Waals surface area (Å²) in [5, 5.41) is 6.50. The van der Waals surface area contributed by atoms with Crippen LogP contribution in [0.4, 0.5) is 0 Å². The Hall–Kier alpha value is -0.760. The van der Waals surface area contributed by atoms with Gasteiger partial charge < -0.3 is 0 Å². The van der Waals surface area contributed by atoms with E-state index in [4.69, 9.17) is 5.26 Å². The quantitative estimate of drug-likeness (QED) is 0.639. The van der Waals surface area contributed by atoms with Gasteiger partial charge in [0.15, 0.2) is 0 Å². The molecule has 0 saturated heterocycles. The smallest absolute Gasteiger partial charge is 0.0462 e. The van der Waals surface area contributed by atoms with E-state index in [9.17, 15) is 0 Å². The Balaban J connectivity index is 0.000000771. The first-order valence-electron chi connectivity index (χ1n) is 5.13. The van der Waals surface area contributed by atoms with E-state index in [1.807, 2.05) is 23.9 Å². The lowest BCUT2D eigenvalue weighted by Gasteiger charge is -2.05. The average Bonchev–Trinajstić information content (AvgIpc) is 2.43. The molecule has 0 aromatic heterocycles. The van der Waals surface area contributed by atoms with E-state index >= 15 is 0 Å². The topological polar surface area (TPSA) is 23.8 Å². The third kappa shape index (κ3) is 4.85. The maximum atomic E-state index is 6.50. The molecule has 0 unspecified atom stereocenters. The van der Waals surface area contributed by atoms with Crippen LogP contribution in [0.15, 0.2) is 62.4 Å². The second-order valence-electron chi connectivity index (χ2n) is 3.34. The fourth-order valence-electron chi connectivity index (χ4n) is 1.33. The van der Waals surface area contributed by atoms with Crippen LogP contribution in [0.3, 0.4) is 0 Å². The Kier molecular flexibility index (Phi) is 7.11. The van der Waals surface area contributed by atoms with Gasteiger partial charge in [-0.05, 0) is 35.9 Å². The SMILES string of the molecule is Brc1ccc(Br)c(CSc2ccccc2)c1.C#N. The molecule has 0 fully saturated rings. The lowest BCUT2D eigenvalue weighted by atomic mass is 10.2. The van der Waals surface area contributed by atoms with Gasteiger partial charge in [-0.1, -0.05) is 50.1 Å². The molecule has 92 valence electrons. The zero-order valence-corrected chi connectivity index (χ0v) is 13.5. The number of benzene rings is 2. The monoisotopic (exact) mass is 383 g/mol. The Bertz CT molecular complexity index is 512. The molecule has 2 aromatic rings. The predicted octanol–water partition coefficient (Wildman–Crippen LogP) is 5.64. The third-order valence-corrected chi connectivity index (χ3v) is 4.47. The number of thioether (sulfide) groups is 1. The van der Waals surface area contributed by atoms with Gasteiger partial charge in [0.25, 0.3) is 0 Å². The van der Waals surface area contributed by atoms with Gasteiger partial charge in [-0.25, -0.2) is 5.26 Å². The van der Waals surface area contributed by atoms with Gasteiger partial charge in [0.2, 0.25) is 0 Å². The van der Waals surface area contributed by atoms with Crippen LogP contribution < -0.4 is 0 Å². The summed E-state index contributed by atoms with van der Waals surface area (Å²) in [4.78, 5) is 1.30. The maximum absolute atomic E-state index is 6.50. The van der Waals surface area contributed by atoms with Crippen LogP contribution in [0.2, 0.25) is 0 Å². The van der Waals surface area contributed by atoms with Crippen molar-refractivity contribution in [3.05, 3.63) is 63.0 Å². The minimum Gasteiger partial charge on any atom is -0.202 e. The number of rotatable bonds is 3. The highest BCUT2D eigenvalue weighted by molar-refractivity contribution is 9.11. The van der Waals surface area contributed by atoms with Crippen molar-refractivity contribution in [3.8, 4) is 6.57 Å². The summed E-state index contributed by atoms with van der Waals surface area (Å²) in [5.74, 6) is 0.976. The highest BCUT2D eigenvalue weighted by Gasteiger charge is 2.01. The van der Waals surface area contributed by atoms with Crippen LogP contribution in [0.1, 0.15) is 5.56 Å². The fraction of sp³-hybridized carbons (Fsp3) is 0.0714. The van der Waals surface area contributed by atoms with E-state index in [0.29, 0.717) is 0 Å². The number of hydrogen-bond acceptors (Lipinski definition) is 2. The Morgan fingerprint density at radius 2 is 1.67 bits per heavy atom. The van der Waals surface area contributed by atoms with Gasteiger partial charge in [-0.15, -0.1) is 11.8 Å². The molecule has 0 aliphatic heterocycles. The lowest BCUT2D eigenvalue weighted by Crippen LogP contribution is -1.83.